The van der Waals surface area contributed by atoms with Crippen LogP contribution in [0.1, 0.15) is 12.7 Å². The molecular weight excluding hydrogens is 212 g/mol. The second kappa shape index (κ2) is 4.97. The van der Waals surface area contributed by atoms with E-state index in [-0.39, 0.29) is 11.1 Å². The highest BCUT2D eigenvalue weighted by Crippen LogP contribution is 2.09. The van der Waals surface area contributed by atoms with Gasteiger partial charge in [0.15, 0.2) is 0 Å². The van der Waals surface area contributed by atoms with E-state index in [2.05, 4.69) is 0 Å². The van der Waals surface area contributed by atoms with E-state index in [4.69, 9.17) is 4.42 Å². The normalized spacial score (nSPS) is 12.6. The van der Waals surface area contributed by atoms with Gasteiger partial charge in [-0.3, -0.25) is 0 Å². The fourth-order valence-electron chi connectivity index (χ4n) is 0.978. The Labute approximate surface area is 91.3 Å². The van der Waals surface area contributed by atoms with Crippen LogP contribution in [-0.4, -0.2) is 11.9 Å². The van der Waals surface area contributed by atoms with Crippen LogP contribution < -0.4 is 10.2 Å². The van der Waals surface area contributed by atoms with E-state index < -0.39 is 11.9 Å². The number of rotatable bonds is 4. The van der Waals surface area contributed by atoms with Crippen molar-refractivity contribution in [1.29, 1.82) is 0 Å². The number of carbonyl (C=O) groups is 2. The zero-order valence-electron chi connectivity index (χ0n) is 8.43. The standard InChI is InChI=1S/C11H10O5/c1-7(10(12)13)5-8(11(14)15)6-9-3-2-4-16-9/h2-6H,1H3,(H,12,13)(H,14,15)/p-2/b7-5-,8-6?. The van der Waals surface area contributed by atoms with Gasteiger partial charge in [-0.15, -0.1) is 0 Å². The third kappa shape index (κ3) is 3.13. The van der Waals surface area contributed by atoms with E-state index >= 15 is 0 Å². The molecule has 0 radical (unpaired) electrons. The van der Waals surface area contributed by atoms with Gasteiger partial charge in [0.2, 0.25) is 0 Å². The van der Waals surface area contributed by atoms with Crippen LogP contribution in [0.2, 0.25) is 0 Å². The summed E-state index contributed by atoms with van der Waals surface area (Å²) >= 11 is 0. The van der Waals surface area contributed by atoms with Gasteiger partial charge in [0.1, 0.15) is 5.76 Å². The zero-order chi connectivity index (χ0) is 12.1. The Morgan fingerprint density at radius 3 is 2.44 bits per heavy atom. The van der Waals surface area contributed by atoms with Crippen molar-refractivity contribution in [2.45, 2.75) is 6.92 Å². The molecule has 0 atom stereocenters. The Kier molecular flexibility index (Phi) is 3.66. The maximum atomic E-state index is 10.7. The van der Waals surface area contributed by atoms with Gasteiger partial charge in [-0.05, 0) is 36.8 Å². The fourth-order valence-corrected chi connectivity index (χ4v) is 0.978. The van der Waals surface area contributed by atoms with Gasteiger partial charge in [-0.25, -0.2) is 0 Å². The largest absolute Gasteiger partial charge is 0.545 e. The molecule has 1 heterocycles. The first-order valence-electron chi connectivity index (χ1n) is 4.37. The summed E-state index contributed by atoms with van der Waals surface area (Å²) in [5, 5.41) is 21.1. The monoisotopic (exact) mass is 220 g/mol. The smallest absolute Gasteiger partial charge is 0.127 e. The first-order chi connectivity index (χ1) is 7.50. The lowest BCUT2D eigenvalue weighted by atomic mass is 10.1. The minimum atomic E-state index is -1.49. The number of furan rings is 1. The molecule has 1 rings (SSSR count). The molecule has 0 unspecified atom stereocenters. The molecule has 84 valence electrons. The van der Waals surface area contributed by atoms with Crippen LogP contribution in [0.3, 0.4) is 0 Å². The molecule has 0 aliphatic rings. The first-order valence-corrected chi connectivity index (χ1v) is 4.37. The number of carboxylic acids is 2. The SMILES string of the molecule is C/C(=C/C(=Cc1ccco1)C(=O)[O-])C(=O)[O-]. The Morgan fingerprint density at radius 2 is 2.00 bits per heavy atom. The maximum absolute atomic E-state index is 10.7. The quantitative estimate of drug-likeness (QED) is 0.484. The fraction of sp³-hybridized carbons (Fsp3) is 0.0909. The van der Waals surface area contributed by atoms with Gasteiger partial charge in [-0.1, -0.05) is 0 Å². The van der Waals surface area contributed by atoms with Crippen LogP contribution in [-0.2, 0) is 9.59 Å². The van der Waals surface area contributed by atoms with Gasteiger partial charge >= 0.3 is 0 Å². The van der Waals surface area contributed by atoms with Crippen molar-refractivity contribution in [3.8, 4) is 0 Å². The van der Waals surface area contributed by atoms with E-state index in [0.29, 0.717) is 5.76 Å². The molecule has 0 aromatic carbocycles. The number of aliphatic carboxylic acids is 2. The summed E-state index contributed by atoms with van der Waals surface area (Å²) in [7, 11) is 0. The molecular formula is C11H8O5-2. The molecule has 0 aliphatic carbocycles. The lowest BCUT2D eigenvalue weighted by Crippen LogP contribution is -2.26. The van der Waals surface area contributed by atoms with E-state index in [1.54, 1.807) is 6.07 Å². The highest BCUT2D eigenvalue weighted by Gasteiger charge is 1.99. The van der Waals surface area contributed by atoms with Crippen LogP contribution in [0.25, 0.3) is 6.08 Å². The van der Waals surface area contributed by atoms with Gasteiger partial charge in [0.25, 0.3) is 0 Å². The topological polar surface area (TPSA) is 93.4 Å². The summed E-state index contributed by atoms with van der Waals surface area (Å²) in [4.78, 5) is 21.1. The molecule has 0 amide bonds. The zero-order valence-corrected chi connectivity index (χ0v) is 8.43. The molecule has 0 N–H and O–H groups in total. The van der Waals surface area contributed by atoms with Crippen molar-refractivity contribution in [2.24, 2.45) is 0 Å². The molecule has 0 saturated carbocycles. The Balaban J connectivity index is 3.06. The third-order valence-electron chi connectivity index (χ3n) is 1.77. The first kappa shape index (κ1) is 11.8. The van der Waals surface area contributed by atoms with Crippen molar-refractivity contribution in [3.05, 3.63) is 41.4 Å². The predicted molar refractivity (Wildman–Crippen MR) is 50.5 cm³/mol. The van der Waals surface area contributed by atoms with Crippen molar-refractivity contribution in [3.63, 3.8) is 0 Å². The van der Waals surface area contributed by atoms with Crippen LogP contribution in [0, 0.1) is 0 Å². The van der Waals surface area contributed by atoms with Gasteiger partial charge in [0, 0.05) is 5.57 Å². The molecule has 0 fully saturated rings. The molecule has 0 bridgehead atoms. The molecule has 1 aromatic rings. The van der Waals surface area contributed by atoms with Crippen LogP contribution in [0.15, 0.2) is 40.0 Å². The second-order valence-electron chi connectivity index (χ2n) is 3.02. The van der Waals surface area contributed by atoms with Gasteiger partial charge < -0.3 is 24.2 Å². The van der Waals surface area contributed by atoms with Crippen molar-refractivity contribution >= 4 is 18.0 Å². The van der Waals surface area contributed by atoms with Crippen molar-refractivity contribution in [2.75, 3.05) is 0 Å². The van der Waals surface area contributed by atoms with Gasteiger partial charge in [0.05, 0.1) is 18.2 Å². The molecule has 0 saturated heterocycles. The average molecular weight is 220 g/mol. The number of hydrogen-bond acceptors (Lipinski definition) is 5. The highest BCUT2D eigenvalue weighted by atomic mass is 16.4. The third-order valence-corrected chi connectivity index (χ3v) is 1.77. The molecule has 16 heavy (non-hydrogen) atoms. The summed E-state index contributed by atoms with van der Waals surface area (Å²) in [6.07, 6.45) is 3.49. The Bertz CT molecular complexity index is 451. The molecule has 0 aliphatic heterocycles. The van der Waals surface area contributed by atoms with Crippen LogP contribution >= 0.6 is 0 Å². The van der Waals surface area contributed by atoms with E-state index in [1.807, 2.05) is 0 Å². The Morgan fingerprint density at radius 1 is 1.31 bits per heavy atom. The predicted octanol–water partition coefficient (Wildman–Crippen LogP) is -0.891. The molecule has 0 spiro atoms. The van der Waals surface area contributed by atoms with Crippen LogP contribution in [0.5, 0.6) is 0 Å². The lowest BCUT2D eigenvalue weighted by Gasteiger charge is -2.06. The van der Waals surface area contributed by atoms with Crippen molar-refractivity contribution < 1.29 is 24.2 Å². The minimum absolute atomic E-state index is 0.206. The number of carbonyl (C=O) groups excluding carboxylic acids is 2. The average Bonchev–Trinajstić information content (AvgIpc) is 2.68. The summed E-state index contributed by atoms with van der Waals surface area (Å²) in [6, 6.07) is 3.11. The molecule has 5 nitrogen and oxygen atoms in total. The molecule has 5 heteroatoms. The van der Waals surface area contributed by atoms with E-state index in [0.717, 1.165) is 6.08 Å². The molecule has 1 aromatic heterocycles. The van der Waals surface area contributed by atoms with E-state index in [1.165, 1.54) is 25.3 Å². The summed E-state index contributed by atoms with van der Waals surface area (Å²) in [6.45, 7) is 1.23. The Hall–Kier alpha value is -2.30. The summed E-state index contributed by atoms with van der Waals surface area (Å²) in [5.41, 5.74) is -0.501. The van der Waals surface area contributed by atoms with Crippen LogP contribution in [0.4, 0.5) is 0 Å². The minimum Gasteiger partial charge on any atom is -0.545 e. The maximum Gasteiger partial charge on any atom is 0.127 e. The second-order valence-corrected chi connectivity index (χ2v) is 3.02. The number of carboxylic acid groups (broad SMARTS) is 2. The van der Waals surface area contributed by atoms with Gasteiger partial charge in [-0.2, -0.15) is 0 Å². The summed E-state index contributed by atoms with van der Waals surface area (Å²) < 4.78 is 4.90. The summed E-state index contributed by atoms with van der Waals surface area (Å²) in [5.74, 6) is -2.63. The van der Waals surface area contributed by atoms with E-state index in [9.17, 15) is 19.8 Å². The number of hydrogen-bond donors (Lipinski definition) is 0. The van der Waals surface area contributed by atoms with Crippen molar-refractivity contribution in [1.82, 2.24) is 0 Å². The lowest BCUT2D eigenvalue weighted by molar-refractivity contribution is -0.299. The highest BCUT2D eigenvalue weighted by molar-refractivity contribution is 5.96.